The third-order valence-corrected chi connectivity index (χ3v) is 4.51. The van der Waals surface area contributed by atoms with E-state index in [0.29, 0.717) is 15.6 Å². The van der Waals surface area contributed by atoms with Crippen LogP contribution in [-0.4, -0.2) is 4.21 Å². The Hall–Kier alpha value is -1.39. The molecule has 0 radical (unpaired) electrons. The van der Waals surface area contributed by atoms with Gasteiger partial charge in [0, 0.05) is 4.90 Å². The van der Waals surface area contributed by atoms with E-state index in [9.17, 15) is 8.60 Å². The van der Waals surface area contributed by atoms with Crippen LogP contribution in [0.2, 0.25) is 5.02 Å². The SMILES string of the molecule is Cc1ccc(F)cc1CS(=O)c1ccc(N)c(Cl)c1. The Kier molecular flexibility index (Phi) is 4.22. The fourth-order valence-electron chi connectivity index (χ4n) is 1.67. The molecule has 1 atom stereocenters. The summed E-state index contributed by atoms with van der Waals surface area (Å²) >= 11 is 5.90. The van der Waals surface area contributed by atoms with Gasteiger partial charge in [-0.1, -0.05) is 17.7 Å². The number of nitrogens with two attached hydrogens (primary N) is 1. The lowest BCUT2D eigenvalue weighted by molar-refractivity contribution is 0.625. The van der Waals surface area contributed by atoms with Crippen molar-refractivity contribution >= 4 is 28.1 Å². The summed E-state index contributed by atoms with van der Waals surface area (Å²) in [6.45, 7) is 1.86. The molecule has 0 aliphatic heterocycles. The summed E-state index contributed by atoms with van der Waals surface area (Å²) in [6.07, 6.45) is 0. The van der Waals surface area contributed by atoms with Gasteiger partial charge in [-0.25, -0.2) is 4.39 Å². The third-order valence-electron chi connectivity index (χ3n) is 2.83. The molecular formula is C14H13ClFNOS. The number of anilines is 1. The number of aryl methyl sites for hydroxylation is 1. The molecule has 2 aromatic carbocycles. The molecule has 5 heteroatoms. The van der Waals surface area contributed by atoms with E-state index in [1.807, 2.05) is 6.92 Å². The van der Waals surface area contributed by atoms with Crippen LogP contribution in [0.5, 0.6) is 0 Å². The summed E-state index contributed by atoms with van der Waals surface area (Å²) in [5.74, 6) is -0.0722. The molecule has 0 saturated carbocycles. The Morgan fingerprint density at radius 1 is 1.26 bits per heavy atom. The van der Waals surface area contributed by atoms with E-state index in [1.54, 1.807) is 24.3 Å². The highest BCUT2D eigenvalue weighted by Crippen LogP contribution is 2.23. The number of nitrogen functional groups attached to an aromatic ring is 1. The van der Waals surface area contributed by atoms with Crippen LogP contribution in [0, 0.1) is 12.7 Å². The number of halogens is 2. The van der Waals surface area contributed by atoms with Gasteiger partial charge in [0.2, 0.25) is 0 Å². The van der Waals surface area contributed by atoms with E-state index in [-0.39, 0.29) is 11.6 Å². The van der Waals surface area contributed by atoms with Crippen LogP contribution < -0.4 is 5.73 Å². The molecule has 0 heterocycles. The number of rotatable bonds is 3. The van der Waals surface area contributed by atoms with Crippen molar-refractivity contribution in [2.24, 2.45) is 0 Å². The van der Waals surface area contributed by atoms with Gasteiger partial charge < -0.3 is 5.73 Å². The molecular weight excluding hydrogens is 285 g/mol. The van der Waals surface area contributed by atoms with Crippen molar-refractivity contribution in [1.82, 2.24) is 0 Å². The Bertz CT molecular complexity index is 645. The molecule has 19 heavy (non-hydrogen) atoms. The standard InChI is InChI=1S/C14H13ClFNOS/c1-9-2-3-11(16)6-10(9)8-19(18)12-4-5-14(17)13(15)7-12/h2-7H,8,17H2,1H3. The van der Waals surface area contributed by atoms with E-state index in [2.05, 4.69) is 0 Å². The maximum absolute atomic E-state index is 13.2. The van der Waals surface area contributed by atoms with Gasteiger partial charge in [0.1, 0.15) is 5.82 Å². The average Bonchev–Trinajstić information content (AvgIpc) is 2.37. The van der Waals surface area contributed by atoms with Gasteiger partial charge >= 0.3 is 0 Å². The molecule has 0 bridgehead atoms. The molecule has 0 aromatic heterocycles. The second-order valence-corrected chi connectivity index (χ2v) is 6.10. The predicted molar refractivity (Wildman–Crippen MR) is 77.1 cm³/mol. The van der Waals surface area contributed by atoms with E-state index >= 15 is 0 Å². The number of hydrogen-bond acceptors (Lipinski definition) is 2. The minimum absolute atomic E-state index is 0.254. The van der Waals surface area contributed by atoms with Crippen LogP contribution in [0.4, 0.5) is 10.1 Å². The highest BCUT2D eigenvalue weighted by molar-refractivity contribution is 7.84. The molecule has 2 rings (SSSR count). The molecule has 1 unspecified atom stereocenters. The lowest BCUT2D eigenvalue weighted by Gasteiger charge is -2.07. The molecule has 2 nitrogen and oxygen atoms in total. The van der Waals surface area contributed by atoms with Crippen LogP contribution in [0.15, 0.2) is 41.3 Å². The highest BCUT2D eigenvalue weighted by atomic mass is 35.5. The molecule has 0 aliphatic rings. The van der Waals surface area contributed by atoms with E-state index in [4.69, 9.17) is 17.3 Å². The minimum atomic E-state index is -1.28. The molecule has 0 amide bonds. The van der Waals surface area contributed by atoms with Gasteiger partial charge in [-0.15, -0.1) is 0 Å². The zero-order valence-electron chi connectivity index (χ0n) is 10.3. The smallest absolute Gasteiger partial charge is 0.123 e. The summed E-state index contributed by atoms with van der Waals surface area (Å²) in [5.41, 5.74) is 7.69. The first-order chi connectivity index (χ1) is 8.97. The highest BCUT2D eigenvalue weighted by Gasteiger charge is 2.09. The third kappa shape index (κ3) is 3.33. The van der Waals surface area contributed by atoms with Gasteiger partial charge in [-0.05, 0) is 48.4 Å². The molecule has 0 fully saturated rings. The van der Waals surface area contributed by atoms with Crippen molar-refractivity contribution in [2.75, 3.05) is 5.73 Å². The number of hydrogen-bond donors (Lipinski definition) is 1. The quantitative estimate of drug-likeness (QED) is 0.878. The van der Waals surface area contributed by atoms with Crippen molar-refractivity contribution in [2.45, 2.75) is 17.6 Å². The normalized spacial score (nSPS) is 12.4. The Balaban J connectivity index is 2.25. The fraction of sp³-hybridized carbons (Fsp3) is 0.143. The van der Waals surface area contributed by atoms with Crippen LogP contribution >= 0.6 is 11.6 Å². The lowest BCUT2D eigenvalue weighted by Crippen LogP contribution is -2.00. The first-order valence-corrected chi connectivity index (χ1v) is 7.35. The second kappa shape index (κ2) is 5.72. The van der Waals surface area contributed by atoms with Crippen molar-refractivity contribution in [1.29, 1.82) is 0 Å². The molecule has 0 spiro atoms. The average molecular weight is 298 g/mol. The van der Waals surface area contributed by atoms with Crippen LogP contribution in [0.3, 0.4) is 0 Å². The summed E-state index contributed by atoms with van der Waals surface area (Å²) in [4.78, 5) is 0.586. The van der Waals surface area contributed by atoms with E-state index < -0.39 is 10.8 Å². The second-order valence-electron chi connectivity index (χ2n) is 4.24. The molecule has 2 aromatic rings. The molecule has 100 valence electrons. The maximum Gasteiger partial charge on any atom is 0.123 e. The van der Waals surface area contributed by atoms with Crippen molar-refractivity contribution in [3.63, 3.8) is 0 Å². The Morgan fingerprint density at radius 2 is 2.00 bits per heavy atom. The van der Waals surface area contributed by atoms with Crippen LogP contribution in [0.25, 0.3) is 0 Å². The molecule has 0 saturated heterocycles. The van der Waals surface area contributed by atoms with Gasteiger partial charge in [0.05, 0.1) is 27.3 Å². The zero-order valence-corrected chi connectivity index (χ0v) is 11.9. The van der Waals surface area contributed by atoms with Crippen molar-refractivity contribution < 1.29 is 8.60 Å². The van der Waals surface area contributed by atoms with Gasteiger partial charge in [0.15, 0.2) is 0 Å². The number of benzene rings is 2. The minimum Gasteiger partial charge on any atom is -0.398 e. The van der Waals surface area contributed by atoms with Crippen LogP contribution in [0.1, 0.15) is 11.1 Å². The zero-order chi connectivity index (χ0) is 14.0. The lowest BCUT2D eigenvalue weighted by atomic mass is 10.1. The summed E-state index contributed by atoms with van der Waals surface area (Å²) in [7, 11) is -1.28. The van der Waals surface area contributed by atoms with Gasteiger partial charge in [0.25, 0.3) is 0 Å². The topological polar surface area (TPSA) is 43.1 Å². The Labute approximate surface area is 118 Å². The molecule has 0 aliphatic carbocycles. The van der Waals surface area contributed by atoms with Gasteiger partial charge in [-0.3, -0.25) is 4.21 Å². The maximum atomic E-state index is 13.2. The first-order valence-electron chi connectivity index (χ1n) is 5.66. The van der Waals surface area contributed by atoms with Crippen molar-refractivity contribution in [3.05, 3.63) is 58.4 Å². The summed E-state index contributed by atoms with van der Waals surface area (Å²) in [5, 5.41) is 0.377. The van der Waals surface area contributed by atoms with E-state index in [1.165, 1.54) is 12.1 Å². The van der Waals surface area contributed by atoms with E-state index in [0.717, 1.165) is 11.1 Å². The van der Waals surface area contributed by atoms with Gasteiger partial charge in [-0.2, -0.15) is 0 Å². The first kappa shape index (κ1) is 14.0. The Morgan fingerprint density at radius 3 is 2.68 bits per heavy atom. The van der Waals surface area contributed by atoms with Crippen molar-refractivity contribution in [3.8, 4) is 0 Å². The predicted octanol–water partition coefficient (Wildman–Crippen LogP) is 3.68. The molecule has 2 N–H and O–H groups in total. The van der Waals surface area contributed by atoms with Crippen LogP contribution in [-0.2, 0) is 16.6 Å². The largest absolute Gasteiger partial charge is 0.398 e. The fourth-order valence-corrected chi connectivity index (χ4v) is 3.14. The summed E-state index contributed by atoms with van der Waals surface area (Å²) < 4.78 is 25.4. The summed E-state index contributed by atoms with van der Waals surface area (Å²) in [6, 6.07) is 9.35. The monoisotopic (exact) mass is 297 g/mol.